The minimum absolute atomic E-state index is 0.130. The van der Waals surface area contributed by atoms with Crippen molar-refractivity contribution in [3.63, 3.8) is 0 Å². The third-order valence-corrected chi connectivity index (χ3v) is 13.6. The number of thiophene rings is 1. The van der Waals surface area contributed by atoms with Crippen LogP contribution in [0.3, 0.4) is 0 Å². The van der Waals surface area contributed by atoms with Crippen molar-refractivity contribution < 1.29 is 0 Å². The zero-order chi connectivity index (χ0) is 36.5. The first-order valence-electron chi connectivity index (χ1n) is 18.9. The molecule has 0 radical (unpaired) electrons. The molecule has 2 aromatic heterocycles. The Morgan fingerprint density at radius 2 is 0.909 bits per heavy atom. The van der Waals surface area contributed by atoms with E-state index in [2.05, 4.69) is 159 Å². The van der Waals surface area contributed by atoms with Gasteiger partial charge < -0.3 is 0 Å². The van der Waals surface area contributed by atoms with Crippen LogP contribution in [0.1, 0.15) is 46.5 Å². The molecule has 0 saturated heterocycles. The summed E-state index contributed by atoms with van der Waals surface area (Å²) in [6.45, 7) is 4.63. The van der Waals surface area contributed by atoms with Gasteiger partial charge in [0.1, 0.15) is 0 Å². The smallest absolute Gasteiger partial charge is 0.164 e. The highest BCUT2D eigenvalue weighted by Gasteiger charge is 2.53. The largest absolute Gasteiger partial charge is 0.208 e. The quantitative estimate of drug-likeness (QED) is 0.182. The average Bonchev–Trinajstić information content (AvgIpc) is 3.93. The molecule has 0 unspecified atom stereocenters. The number of aromatic nitrogens is 3. The van der Waals surface area contributed by atoms with Crippen LogP contribution < -0.4 is 0 Å². The predicted octanol–water partition coefficient (Wildman–Crippen LogP) is 12.7. The van der Waals surface area contributed by atoms with Crippen molar-refractivity contribution in [1.29, 1.82) is 0 Å². The summed E-state index contributed by atoms with van der Waals surface area (Å²) < 4.78 is 1.31. The van der Waals surface area contributed by atoms with Crippen molar-refractivity contribution >= 4 is 21.4 Å². The van der Waals surface area contributed by atoms with E-state index in [1.54, 1.807) is 0 Å². The van der Waals surface area contributed by atoms with E-state index in [1.165, 1.54) is 76.2 Å². The van der Waals surface area contributed by atoms with Gasteiger partial charge in [-0.15, -0.1) is 11.3 Å². The lowest BCUT2D eigenvalue weighted by molar-refractivity contribution is 0.660. The standard InChI is InChI=1S/C51H33N3S/c1-50(2)39-20-10-6-16-33(39)36-26-24-32(29-43(36)50)49-53-47(30-14-4-3-5-15-30)52-48(54-49)31-25-27-42-38(28-31)45-37-19-9-13-23-44(37)55-46(45)51(42)40-21-11-7-17-34(40)35-18-8-12-22-41(35)51/h3-29H,1-2H3. The van der Waals surface area contributed by atoms with Crippen LogP contribution in [0, 0.1) is 0 Å². The molecular weight excluding hydrogens is 687 g/mol. The molecule has 0 saturated carbocycles. The molecule has 3 aliphatic carbocycles. The van der Waals surface area contributed by atoms with Gasteiger partial charge in [0.2, 0.25) is 0 Å². The van der Waals surface area contributed by atoms with Crippen molar-refractivity contribution in [2.45, 2.75) is 24.7 Å². The SMILES string of the molecule is CC1(C)c2ccccc2-c2ccc(-c3nc(-c4ccccc4)nc(-c4ccc5c(c4)-c4c(sc6ccccc46)C54c5ccccc5-c5ccccc54)n3)cc21. The molecule has 0 N–H and O–H groups in total. The van der Waals surface area contributed by atoms with Gasteiger partial charge in [0, 0.05) is 42.6 Å². The highest BCUT2D eigenvalue weighted by molar-refractivity contribution is 7.20. The van der Waals surface area contributed by atoms with Gasteiger partial charge in [0.25, 0.3) is 0 Å². The Bertz CT molecular complexity index is 3040. The van der Waals surface area contributed by atoms with E-state index in [0.717, 1.165) is 16.7 Å². The second-order valence-electron chi connectivity index (χ2n) is 15.5. The molecule has 55 heavy (non-hydrogen) atoms. The predicted molar refractivity (Wildman–Crippen MR) is 225 cm³/mol. The second kappa shape index (κ2) is 11.0. The zero-order valence-corrected chi connectivity index (χ0v) is 31.2. The summed E-state index contributed by atoms with van der Waals surface area (Å²) in [6, 6.07) is 59.6. The molecule has 1 spiro atoms. The van der Waals surface area contributed by atoms with Gasteiger partial charge in [0.05, 0.1) is 5.41 Å². The first-order chi connectivity index (χ1) is 27.0. The van der Waals surface area contributed by atoms with Crippen LogP contribution in [0.5, 0.6) is 0 Å². The zero-order valence-electron chi connectivity index (χ0n) is 30.3. The van der Waals surface area contributed by atoms with Crippen LogP contribution in [-0.4, -0.2) is 15.0 Å². The molecule has 3 aliphatic rings. The minimum atomic E-state index is -0.395. The summed E-state index contributed by atoms with van der Waals surface area (Å²) in [6.07, 6.45) is 0. The number of benzene rings is 7. The van der Waals surface area contributed by atoms with Crippen molar-refractivity contribution in [2.24, 2.45) is 0 Å². The fraction of sp³-hybridized carbons (Fsp3) is 0.0784. The molecule has 2 heterocycles. The Labute approximate surface area is 323 Å². The first kappa shape index (κ1) is 30.9. The fourth-order valence-electron chi connectivity index (χ4n) is 9.88. The molecular formula is C51H33N3S. The van der Waals surface area contributed by atoms with Gasteiger partial charge in [-0.3, -0.25) is 0 Å². The molecule has 0 bridgehead atoms. The van der Waals surface area contributed by atoms with Gasteiger partial charge in [-0.1, -0.05) is 159 Å². The van der Waals surface area contributed by atoms with E-state index in [-0.39, 0.29) is 5.41 Å². The number of hydrogen-bond acceptors (Lipinski definition) is 4. The summed E-state index contributed by atoms with van der Waals surface area (Å²) >= 11 is 1.93. The Hall–Kier alpha value is -6.49. The molecule has 0 aliphatic heterocycles. The Kier molecular flexibility index (Phi) is 6.20. The van der Waals surface area contributed by atoms with E-state index >= 15 is 0 Å². The van der Waals surface area contributed by atoms with Gasteiger partial charge >= 0.3 is 0 Å². The number of nitrogens with zero attached hydrogens (tertiary/aromatic N) is 3. The van der Waals surface area contributed by atoms with Crippen molar-refractivity contribution in [3.05, 3.63) is 196 Å². The number of fused-ring (bicyclic) bond motifs is 15. The Balaban J connectivity index is 1.09. The minimum Gasteiger partial charge on any atom is -0.208 e. The van der Waals surface area contributed by atoms with E-state index in [0.29, 0.717) is 17.5 Å². The normalized spacial score (nSPS) is 14.7. The molecule has 0 atom stereocenters. The molecule has 4 heteroatoms. The van der Waals surface area contributed by atoms with Gasteiger partial charge in [-0.05, 0) is 73.8 Å². The van der Waals surface area contributed by atoms with Crippen LogP contribution in [-0.2, 0) is 10.8 Å². The van der Waals surface area contributed by atoms with Crippen molar-refractivity contribution in [1.82, 2.24) is 15.0 Å². The monoisotopic (exact) mass is 719 g/mol. The third kappa shape index (κ3) is 4.07. The van der Waals surface area contributed by atoms with Crippen molar-refractivity contribution in [2.75, 3.05) is 0 Å². The first-order valence-corrected chi connectivity index (χ1v) is 19.8. The third-order valence-electron chi connectivity index (χ3n) is 12.3. The van der Waals surface area contributed by atoms with Gasteiger partial charge in [-0.25, -0.2) is 15.0 Å². The van der Waals surface area contributed by atoms with Gasteiger partial charge in [0.15, 0.2) is 17.5 Å². The number of hydrogen-bond donors (Lipinski definition) is 0. The van der Waals surface area contributed by atoms with Crippen LogP contribution in [0.15, 0.2) is 164 Å². The van der Waals surface area contributed by atoms with Gasteiger partial charge in [-0.2, -0.15) is 0 Å². The fourth-order valence-corrected chi connectivity index (χ4v) is 11.3. The van der Waals surface area contributed by atoms with E-state index in [9.17, 15) is 0 Å². The van der Waals surface area contributed by atoms with E-state index < -0.39 is 5.41 Å². The van der Waals surface area contributed by atoms with Crippen LogP contribution >= 0.6 is 11.3 Å². The molecule has 0 amide bonds. The molecule has 258 valence electrons. The lowest BCUT2D eigenvalue weighted by Crippen LogP contribution is -2.24. The summed E-state index contributed by atoms with van der Waals surface area (Å²) in [5.74, 6) is 2.01. The maximum atomic E-state index is 5.29. The summed E-state index contributed by atoms with van der Waals surface area (Å²) in [5.41, 5.74) is 16.9. The summed E-state index contributed by atoms with van der Waals surface area (Å²) in [4.78, 5) is 17.0. The Morgan fingerprint density at radius 3 is 1.62 bits per heavy atom. The van der Waals surface area contributed by atoms with Crippen LogP contribution in [0.4, 0.5) is 0 Å². The maximum Gasteiger partial charge on any atom is 0.164 e. The maximum absolute atomic E-state index is 5.29. The summed E-state index contributed by atoms with van der Waals surface area (Å²) in [7, 11) is 0. The molecule has 9 aromatic rings. The topological polar surface area (TPSA) is 38.7 Å². The molecule has 3 nitrogen and oxygen atoms in total. The van der Waals surface area contributed by atoms with Crippen LogP contribution in [0.2, 0.25) is 0 Å². The van der Waals surface area contributed by atoms with E-state index in [1.807, 2.05) is 29.5 Å². The average molecular weight is 720 g/mol. The van der Waals surface area contributed by atoms with Crippen molar-refractivity contribution in [3.8, 4) is 67.5 Å². The van der Waals surface area contributed by atoms with E-state index in [4.69, 9.17) is 15.0 Å². The summed E-state index contributed by atoms with van der Waals surface area (Å²) in [5, 5.41) is 1.29. The molecule has 0 fully saturated rings. The number of rotatable bonds is 3. The highest BCUT2D eigenvalue weighted by atomic mass is 32.1. The lowest BCUT2D eigenvalue weighted by Gasteiger charge is -2.29. The second-order valence-corrected chi connectivity index (χ2v) is 16.6. The molecule has 12 rings (SSSR count). The lowest BCUT2D eigenvalue weighted by atomic mass is 9.74. The van der Waals surface area contributed by atoms with Crippen LogP contribution in [0.25, 0.3) is 77.6 Å². The Morgan fingerprint density at radius 1 is 0.400 bits per heavy atom. The highest BCUT2D eigenvalue weighted by Crippen LogP contribution is 2.66. The molecule has 7 aromatic carbocycles.